The van der Waals surface area contributed by atoms with Crippen LogP contribution in [0.4, 0.5) is 5.69 Å². The monoisotopic (exact) mass is 389 g/mol. The topological polar surface area (TPSA) is 125 Å². The lowest BCUT2D eigenvalue weighted by Gasteiger charge is -2.14. The number of nitrogens with one attached hydrogen (secondary N) is 2. The Bertz CT molecular complexity index is 1090. The summed E-state index contributed by atoms with van der Waals surface area (Å²) in [6.07, 6.45) is 0. The fraction of sp³-hybridized carbons (Fsp3) is 0.0455. The lowest BCUT2D eigenvalue weighted by Crippen LogP contribution is -2.15. The van der Waals surface area contributed by atoms with E-state index in [1.165, 1.54) is 13.2 Å². The standard InChI is InChI=1S/C22H19N3O4/c1-29-15-10-11-17(16-4-2-3-5-18(16)22(27)28)19(12-15)21(26)25-14-8-6-13(7-9-14)20(23)24/h2-12H,1H3,(H3,23,24)(H,25,26)(H,27,28). The quantitative estimate of drug-likeness (QED) is 0.379. The summed E-state index contributed by atoms with van der Waals surface area (Å²) in [4.78, 5) is 24.6. The molecule has 3 aromatic rings. The van der Waals surface area contributed by atoms with Gasteiger partial charge in [0, 0.05) is 11.3 Å². The summed E-state index contributed by atoms with van der Waals surface area (Å²) in [6.45, 7) is 0. The molecule has 0 bridgehead atoms. The van der Waals surface area contributed by atoms with Crippen molar-refractivity contribution in [3.63, 3.8) is 0 Å². The van der Waals surface area contributed by atoms with Crippen LogP contribution >= 0.6 is 0 Å². The van der Waals surface area contributed by atoms with Crippen LogP contribution in [0.15, 0.2) is 66.7 Å². The number of benzene rings is 3. The average Bonchev–Trinajstić information content (AvgIpc) is 2.73. The molecule has 5 N–H and O–H groups in total. The number of carboxylic acids is 1. The van der Waals surface area contributed by atoms with Gasteiger partial charge in [-0.15, -0.1) is 0 Å². The molecule has 0 aliphatic heterocycles. The van der Waals surface area contributed by atoms with E-state index in [4.69, 9.17) is 15.9 Å². The SMILES string of the molecule is COc1ccc(-c2ccccc2C(=O)O)c(C(=O)Nc2ccc(C(=N)N)cc2)c1. The van der Waals surface area contributed by atoms with Gasteiger partial charge in [-0.2, -0.15) is 0 Å². The summed E-state index contributed by atoms with van der Waals surface area (Å²) < 4.78 is 5.23. The van der Waals surface area contributed by atoms with Crippen molar-refractivity contribution in [2.24, 2.45) is 5.73 Å². The predicted molar refractivity (Wildman–Crippen MR) is 111 cm³/mol. The van der Waals surface area contributed by atoms with Crippen molar-refractivity contribution in [2.45, 2.75) is 0 Å². The third kappa shape index (κ3) is 4.24. The first-order valence-corrected chi connectivity index (χ1v) is 8.67. The Morgan fingerprint density at radius 3 is 2.24 bits per heavy atom. The van der Waals surface area contributed by atoms with Gasteiger partial charge in [-0.3, -0.25) is 10.2 Å². The lowest BCUT2D eigenvalue weighted by atomic mass is 9.94. The Morgan fingerprint density at radius 1 is 0.966 bits per heavy atom. The number of methoxy groups -OCH3 is 1. The van der Waals surface area contributed by atoms with E-state index in [9.17, 15) is 14.7 Å². The predicted octanol–water partition coefficient (Wildman–Crippen LogP) is 3.60. The van der Waals surface area contributed by atoms with E-state index < -0.39 is 11.9 Å². The summed E-state index contributed by atoms with van der Waals surface area (Å²) in [6, 6.07) is 17.9. The number of carboxylic acid groups (broad SMARTS) is 1. The van der Waals surface area contributed by atoms with Gasteiger partial charge >= 0.3 is 5.97 Å². The first-order valence-electron chi connectivity index (χ1n) is 8.67. The van der Waals surface area contributed by atoms with E-state index in [0.29, 0.717) is 28.1 Å². The Morgan fingerprint density at radius 2 is 1.62 bits per heavy atom. The Balaban J connectivity index is 2.03. The van der Waals surface area contributed by atoms with E-state index in [1.807, 2.05) is 0 Å². The van der Waals surface area contributed by atoms with Crippen LogP contribution in [0.3, 0.4) is 0 Å². The highest BCUT2D eigenvalue weighted by atomic mass is 16.5. The van der Waals surface area contributed by atoms with Crippen molar-refractivity contribution in [2.75, 3.05) is 12.4 Å². The van der Waals surface area contributed by atoms with Crippen LogP contribution in [0, 0.1) is 5.41 Å². The average molecular weight is 389 g/mol. The molecule has 0 unspecified atom stereocenters. The first kappa shape index (κ1) is 19.6. The molecule has 7 nitrogen and oxygen atoms in total. The zero-order chi connectivity index (χ0) is 21.0. The van der Waals surface area contributed by atoms with Gasteiger partial charge in [-0.25, -0.2) is 4.79 Å². The van der Waals surface area contributed by atoms with Crippen molar-refractivity contribution in [1.82, 2.24) is 0 Å². The first-order chi connectivity index (χ1) is 13.9. The molecule has 0 heterocycles. The van der Waals surface area contributed by atoms with E-state index >= 15 is 0 Å². The molecular weight excluding hydrogens is 370 g/mol. The third-order valence-electron chi connectivity index (χ3n) is 4.37. The van der Waals surface area contributed by atoms with Gasteiger partial charge in [-0.1, -0.05) is 18.2 Å². The lowest BCUT2D eigenvalue weighted by molar-refractivity contribution is 0.0697. The number of amidine groups is 1. The van der Waals surface area contributed by atoms with Crippen molar-refractivity contribution in [3.05, 3.63) is 83.4 Å². The highest BCUT2D eigenvalue weighted by Gasteiger charge is 2.19. The smallest absolute Gasteiger partial charge is 0.336 e. The van der Waals surface area contributed by atoms with Gasteiger partial charge in [0.15, 0.2) is 0 Å². The zero-order valence-corrected chi connectivity index (χ0v) is 15.6. The number of hydrogen-bond acceptors (Lipinski definition) is 4. The van der Waals surface area contributed by atoms with Gasteiger partial charge in [0.1, 0.15) is 11.6 Å². The molecule has 0 aromatic heterocycles. The molecule has 0 aliphatic carbocycles. The second-order valence-electron chi connectivity index (χ2n) is 6.21. The molecule has 0 spiro atoms. The van der Waals surface area contributed by atoms with Crippen molar-refractivity contribution < 1.29 is 19.4 Å². The second-order valence-corrected chi connectivity index (χ2v) is 6.21. The number of ether oxygens (including phenoxy) is 1. The highest BCUT2D eigenvalue weighted by molar-refractivity contribution is 6.10. The summed E-state index contributed by atoms with van der Waals surface area (Å²) in [5.41, 5.74) is 7.77. The molecule has 0 saturated heterocycles. The molecule has 0 radical (unpaired) electrons. The second kappa shape index (κ2) is 8.26. The minimum atomic E-state index is -1.08. The van der Waals surface area contributed by atoms with E-state index in [-0.39, 0.29) is 17.0 Å². The number of nitrogens with two attached hydrogens (primary N) is 1. The fourth-order valence-electron chi connectivity index (χ4n) is 2.91. The number of carbonyl (C=O) groups is 2. The molecule has 0 atom stereocenters. The number of amides is 1. The summed E-state index contributed by atoms with van der Waals surface area (Å²) in [5, 5.41) is 19.7. The van der Waals surface area contributed by atoms with Gasteiger partial charge < -0.3 is 20.9 Å². The van der Waals surface area contributed by atoms with Crippen LogP contribution < -0.4 is 15.8 Å². The zero-order valence-electron chi connectivity index (χ0n) is 15.6. The number of anilines is 1. The highest BCUT2D eigenvalue weighted by Crippen LogP contribution is 2.31. The molecule has 29 heavy (non-hydrogen) atoms. The number of nitrogen functional groups attached to an aromatic ring is 1. The van der Waals surface area contributed by atoms with Gasteiger partial charge in [0.2, 0.25) is 0 Å². The molecule has 146 valence electrons. The van der Waals surface area contributed by atoms with Gasteiger partial charge in [0.05, 0.1) is 18.2 Å². The maximum Gasteiger partial charge on any atom is 0.336 e. The minimum absolute atomic E-state index is 0.0664. The third-order valence-corrected chi connectivity index (χ3v) is 4.37. The Kier molecular flexibility index (Phi) is 5.59. The molecule has 0 aliphatic rings. The van der Waals surface area contributed by atoms with Crippen LogP contribution in [-0.4, -0.2) is 29.9 Å². The fourth-order valence-corrected chi connectivity index (χ4v) is 2.91. The van der Waals surface area contributed by atoms with Crippen molar-refractivity contribution >= 4 is 23.4 Å². The van der Waals surface area contributed by atoms with E-state index in [2.05, 4.69) is 5.32 Å². The largest absolute Gasteiger partial charge is 0.497 e. The molecule has 0 saturated carbocycles. The Labute approximate surface area is 167 Å². The molecule has 1 amide bonds. The normalized spacial score (nSPS) is 10.2. The van der Waals surface area contributed by atoms with Crippen LogP contribution in [0.1, 0.15) is 26.3 Å². The van der Waals surface area contributed by atoms with Crippen LogP contribution in [0.2, 0.25) is 0 Å². The van der Waals surface area contributed by atoms with E-state index in [1.54, 1.807) is 60.7 Å². The molecule has 0 fully saturated rings. The van der Waals surface area contributed by atoms with Crippen LogP contribution in [0.5, 0.6) is 5.75 Å². The van der Waals surface area contributed by atoms with Gasteiger partial charge in [0.25, 0.3) is 5.91 Å². The molecule has 7 heteroatoms. The number of rotatable bonds is 6. The number of hydrogen-bond donors (Lipinski definition) is 4. The Hall–Kier alpha value is -4.13. The van der Waals surface area contributed by atoms with Crippen molar-refractivity contribution in [1.29, 1.82) is 5.41 Å². The number of aromatic carboxylic acids is 1. The number of carbonyl (C=O) groups excluding carboxylic acids is 1. The van der Waals surface area contributed by atoms with Gasteiger partial charge in [-0.05, 0) is 59.7 Å². The van der Waals surface area contributed by atoms with Crippen LogP contribution in [0.25, 0.3) is 11.1 Å². The maximum absolute atomic E-state index is 13.0. The van der Waals surface area contributed by atoms with Crippen molar-refractivity contribution in [3.8, 4) is 16.9 Å². The van der Waals surface area contributed by atoms with E-state index in [0.717, 1.165) is 0 Å². The molecule has 3 aromatic carbocycles. The minimum Gasteiger partial charge on any atom is -0.497 e. The molecule has 3 rings (SSSR count). The summed E-state index contributed by atoms with van der Waals surface area (Å²) >= 11 is 0. The maximum atomic E-state index is 13.0. The molecular formula is C22H19N3O4. The summed E-state index contributed by atoms with van der Waals surface area (Å²) in [7, 11) is 1.49. The van der Waals surface area contributed by atoms with Crippen LogP contribution in [-0.2, 0) is 0 Å². The summed E-state index contributed by atoms with van der Waals surface area (Å²) in [5.74, 6) is -1.10.